The van der Waals surface area contributed by atoms with Gasteiger partial charge in [0.2, 0.25) is 5.91 Å². The number of sulfonamides is 1. The van der Waals surface area contributed by atoms with Crippen LogP contribution in [0, 0.1) is 0 Å². The minimum absolute atomic E-state index is 0.0403. The molecule has 9 nitrogen and oxygen atoms in total. The number of nitrogens with zero attached hydrogens (tertiary/aromatic N) is 4. The Morgan fingerprint density at radius 3 is 2.56 bits per heavy atom. The van der Waals surface area contributed by atoms with E-state index in [1.807, 2.05) is 0 Å². The summed E-state index contributed by atoms with van der Waals surface area (Å²) in [6.45, 7) is 0. The number of hydrogen-bond donors (Lipinski definition) is 1. The van der Waals surface area contributed by atoms with Crippen LogP contribution in [0.4, 0.5) is 5.69 Å². The highest BCUT2D eigenvalue weighted by Gasteiger charge is 2.22. The monoisotopic (exact) mass is 527 g/mol. The van der Waals surface area contributed by atoms with Crippen molar-refractivity contribution in [3.05, 3.63) is 65.4 Å². The zero-order chi connectivity index (χ0) is 25.7. The molecule has 0 radical (unpaired) electrons. The predicted octanol–water partition coefficient (Wildman–Crippen LogP) is 4.19. The summed E-state index contributed by atoms with van der Waals surface area (Å²) >= 11 is 6.16. The largest absolute Gasteiger partial charge is 0.460 e. The molecular formula is C25H26ClN5O4S. The Kier molecular flexibility index (Phi) is 7.85. The highest BCUT2D eigenvalue weighted by molar-refractivity contribution is 7.90. The van der Waals surface area contributed by atoms with Crippen LogP contribution in [0.3, 0.4) is 0 Å². The Morgan fingerprint density at radius 1 is 1.19 bits per heavy atom. The SMILES string of the molecule is CN(C)/C=N/S(=O)(=O)c1cc(NC(=O)Cc2ccccc2Cl)ccc1-c1cnc(OC2CCC2)nc1. The third-order valence-corrected chi connectivity index (χ3v) is 7.17. The molecule has 0 bridgehead atoms. The number of carbonyl (C=O) groups excluding carboxylic acids is 1. The molecule has 188 valence electrons. The van der Waals surface area contributed by atoms with Gasteiger partial charge in [0.25, 0.3) is 10.0 Å². The van der Waals surface area contributed by atoms with Gasteiger partial charge in [0.1, 0.15) is 12.4 Å². The zero-order valence-corrected chi connectivity index (χ0v) is 21.5. The van der Waals surface area contributed by atoms with E-state index in [9.17, 15) is 13.2 Å². The van der Waals surface area contributed by atoms with Gasteiger partial charge in [-0.25, -0.2) is 9.97 Å². The number of benzene rings is 2. The summed E-state index contributed by atoms with van der Waals surface area (Å²) in [6, 6.07) is 11.9. The summed E-state index contributed by atoms with van der Waals surface area (Å²) in [7, 11) is -0.780. The fraction of sp³-hybridized carbons (Fsp3) is 0.280. The fourth-order valence-corrected chi connectivity index (χ4v) is 4.81. The van der Waals surface area contributed by atoms with Crippen LogP contribution in [0.1, 0.15) is 24.8 Å². The van der Waals surface area contributed by atoms with Crippen molar-refractivity contribution in [3.8, 4) is 17.1 Å². The van der Waals surface area contributed by atoms with Gasteiger partial charge in [-0.15, -0.1) is 4.40 Å². The lowest BCUT2D eigenvalue weighted by Gasteiger charge is -2.24. The lowest BCUT2D eigenvalue weighted by molar-refractivity contribution is -0.115. The summed E-state index contributed by atoms with van der Waals surface area (Å²) in [5, 5.41) is 3.22. The van der Waals surface area contributed by atoms with Gasteiger partial charge in [0.15, 0.2) is 0 Å². The van der Waals surface area contributed by atoms with Crippen molar-refractivity contribution in [1.29, 1.82) is 0 Å². The number of ether oxygens (including phenoxy) is 1. The molecule has 0 saturated heterocycles. The number of anilines is 1. The average Bonchev–Trinajstić information content (AvgIpc) is 2.82. The molecule has 0 spiro atoms. The zero-order valence-electron chi connectivity index (χ0n) is 19.9. The quantitative estimate of drug-likeness (QED) is 0.328. The first kappa shape index (κ1) is 25.6. The van der Waals surface area contributed by atoms with Crippen LogP contribution >= 0.6 is 11.6 Å². The van der Waals surface area contributed by atoms with Crippen molar-refractivity contribution in [2.75, 3.05) is 19.4 Å². The maximum atomic E-state index is 13.1. The molecule has 0 aliphatic heterocycles. The van der Waals surface area contributed by atoms with E-state index in [2.05, 4.69) is 19.7 Å². The second-order valence-electron chi connectivity index (χ2n) is 8.61. The van der Waals surface area contributed by atoms with E-state index < -0.39 is 10.0 Å². The Bertz CT molecular complexity index is 1370. The average molecular weight is 528 g/mol. The van der Waals surface area contributed by atoms with Crippen LogP contribution in [0.2, 0.25) is 5.02 Å². The Hall–Kier alpha value is -3.50. The summed E-state index contributed by atoms with van der Waals surface area (Å²) in [5.74, 6) is -0.336. The van der Waals surface area contributed by atoms with E-state index in [1.54, 1.807) is 50.5 Å². The van der Waals surface area contributed by atoms with Gasteiger partial charge in [-0.2, -0.15) is 8.42 Å². The first-order valence-electron chi connectivity index (χ1n) is 11.3. The van der Waals surface area contributed by atoms with Gasteiger partial charge in [0, 0.05) is 48.3 Å². The lowest BCUT2D eigenvalue weighted by atomic mass is 9.96. The Morgan fingerprint density at radius 2 is 1.92 bits per heavy atom. The van der Waals surface area contributed by atoms with Crippen molar-refractivity contribution in [2.24, 2.45) is 4.40 Å². The normalized spacial score (nSPS) is 13.9. The number of carbonyl (C=O) groups is 1. The molecule has 4 rings (SSSR count). The maximum absolute atomic E-state index is 13.1. The topological polar surface area (TPSA) is 114 Å². The standard InChI is InChI=1S/C25H26ClN5O4S/c1-31(2)16-29-36(33,34)23-13-19(30-24(32)12-17-6-3-4-9-22(17)26)10-11-21(23)18-14-27-25(28-15-18)35-20-7-5-8-20/h3-4,6,9-11,13-16,20H,5,7-8,12H2,1-2H3,(H,30,32)/b29-16+. The van der Waals surface area contributed by atoms with Gasteiger partial charge in [-0.3, -0.25) is 4.79 Å². The molecule has 3 aromatic rings. The highest BCUT2D eigenvalue weighted by Crippen LogP contribution is 2.32. The second kappa shape index (κ2) is 11.0. The van der Waals surface area contributed by atoms with Crippen LogP contribution in [0.15, 0.2) is 64.2 Å². The van der Waals surface area contributed by atoms with E-state index >= 15 is 0 Å². The molecule has 0 unspecified atom stereocenters. The molecule has 1 heterocycles. The molecule has 0 atom stereocenters. The van der Waals surface area contributed by atoms with Crippen molar-refractivity contribution in [3.63, 3.8) is 0 Å². The third-order valence-electron chi connectivity index (χ3n) is 5.53. The molecule has 1 saturated carbocycles. The number of amides is 1. The summed E-state index contributed by atoms with van der Waals surface area (Å²) in [6.07, 6.45) is 7.47. The molecular weight excluding hydrogens is 502 g/mol. The minimum atomic E-state index is -4.11. The van der Waals surface area contributed by atoms with Gasteiger partial charge in [-0.1, -0.05) is 35.9 Å². The van der Waals surface area contributed by atoms with Crippen molar-refractivity contribution in [1.82, 2.24) is 14.9 Å². The first-order chi connectivity index (χ1) is 17.2. The van der Waals surface area contributed by atoms with Gasteiger partial charge >= 0.3 is 6.01 Å². The molecule has 1 aromatic heterocycles. The van der Waals surface area contributed by atoms with Gasteiger partial charge in [0.05, 0.1) is 11.3 Å². The fourth-order valence-electron chi connectivity index (χ4n) is 3.44. The number of aromatic nitrogens is 2. The van der Waals surface area contributed by atoms with Crippen LogP contribution in [0.5, 0.6) is 6.01 Å². The third kappa shape index (κ3) is 6.38. The highest BCUT2D eigenvalue weighted by atomic mass is 35.5. The van der Waals surface area contributed by atoms with Crippen molar-refractivity contribution >= 4 is 39.6 Å². The van der Waals surface area contributed by atoms with Crippen LogP contribution in [0.25, 0.3) is 11.1 Å². The molecule has 1 fully saturated rings. The summed E-state index contributed by atoms with van der Waals surface area (Å²) < 4.78 is 35.7. The lowest BCUT2D eigenvalue weighted by Crippen LogP contribution is -2.25. The van der Waals surface area contributed by atoms with Gasteiger partial charge in [-0.05, 0) is 43.0 Å². The molecule has 36 heavy (non-hydrogen) atoms. The first-order valence-corrected chi connectivity index (χ1v) is 13.2. The van der Waals surface area contributed by atoms with Crippen LogP contribution in [-0.4, -0.2) is 55.7 Å². The van der Waals surface area contributed by atoms with E-state index in [1.165, 1.54) is 29.7 Å². The number of halogens is 1. The molecule has 1 N–H and O–H groups in total. The Labute approximate surface area is 215 Å². The number of hydrogen-bond acceptors (Lipinski definition) is 6. The molecule has 2 aromatic carbocycles. The maximum Gasteiger partial charge on any atom is 0.316 e. The Balaban J connectivity index is 1.63. The smallest absolute Gasteiger partial charge is 0.316 e. The summed E-state index contributed by atoms with van der Waals surface area (Å²) in [5.41, 5.74) is 1.80. The number of nitrogens with one attached hydrogen (secondary N) is 1. The molecule has 1 aliphatic carbocycles. The van der Waals surface area contributed by atoms with Crippen LogP contribution < -0.4 is 10.1 Å². The molecule has 1 amide bonds. The minimum Gasteiger partial charge on any atom is -0.460 e. The molecule has 11 heteroatoms. The second-order valence-corrected chi connectivity index (χ2v) is 10.6. The van der Waals surface area contributed by atoms with Crippen molar-refractivity contribution in [2.45, 2.75) is 36.7 Å². The predicted molar refractivity (Wildman–Crippen MR) is 139 cm³/mol. The van der Waals surface area contributed by atoms with Gasteiger partial charge < -0.3 is 15.0 Å². The van der Waals surface area contributed by atoms with E-state index in [0.717, 1.165) is 19.3 Å². The van der Waals surface area contributed by atoms with Crippen LogP contribution in [-0.2, 0) is 21.2 Å². The van der Waals surface area contributed by atoms with Crippen molar-refractivity contribution < 1.29 is 17.9 Å². The van der Waals surface area contributed by atoms with E-state index in [-0.39, 0.29) is 29.3 Å². The summed E-state index contributed by atoms with van der Waals surface area (Å²) in [4.78, 5) is 22.5. The van der Waals surface area contributed by atoms with E-state index in [4.69, 9.17) is 16.3 Å². The number of rotatable bonds is 9. The van der Waals surface area contributed by atoms with E-state index in [0.29, 0.717) is 27.4 Å². The molecule has 1 aliphatic rings.